The Morgan fingerprint density at radius 1 is 1.25 bits per heavy atom. The van der Waals surface area contributed by atoms with Crippen LogP contribution in [-0.4, -0.2) is 69.4 Å². The van der Waals surface area contributed by atoms with E-state index < -0.39 is 5.60 Å². The van der Waals surface area contributed by atoms with Gasteiger partial charge in [-0.15, -0.1) is 5.10 Å². The highest BCUT2D eigenvalue weighted by Gasteiger charge is 2.44. The summed E-state index contributed by atoms with van der Waals surface area (Å²) in [6.07, 6.45) is 10.5. The summed E-state index contributed by atoms with van der Waals surface area (Å²) in [6, 6.07) is 0.231. The van der Waals surface area contributed by atoms with Crippen molar-refractivity contribution in [1.82, 2.24) is 19.9 Å². The largest absolute Gasteiger partial charge is 0.384 e. The lowest BCUT2D eigenvalue weighted by atomic mass is 9.77. The first-order valence-corrected chi connectivity index (χ1v) is 12.3. The van der Waals surface area contributed by atoms with Crippen molar-refractivity contribution in [2.75, 3.05) is 38.2 Å². The molecule has 2 saturated carbocycles. The Bertz CT molecular complexity index is 643. The Balaban J connectivity index is 1.44. The van der Waals surface area contributed by atoms with Crippen molar-refractivity contribution in [3.05, 3.63) is 11.9 Å². The Labute approximate surface area is 173 Å². The number of fused-ring (bicyclic) bond motifs is 1. The van der Waals surface area contributed by atoms with Gasteiger partial charge in [-0.05, 0) is 82.3 Å². The van der Waals surface area contributed by atoms with E-state index in [1.54, 1.807) is 13.8 Å². The molecule has 0 spiro atoms. The van der Waals surface area contributed by atoms with Gasteiger partial charge in [0.2, 0.25) is 0 Å². The summed E-state index contributed by atoms with van der Waals surface area (Å²) in [5.74, 6) is 3.48. The Morgan fingerprint density at radius 2 is 2.00 bits per heavy atom. The first kappa shape index (κ1) is 20.6. The normalized spacial score (nSPS) is 31.3. The van der Waals surface area contributed by atoms with E-state index in [1.165, 1.54) is 44.6 Å². The molecule has 4 atom stereocenters. The van der Waals surface area contributed by atoms with Gasteiger partial charge in [0.05, 0.1) is 18.3 Å². The second-order valence-corrected chi connectivity index (χ2v) is 10.6. The van der Waals surface area contributed by atoms with Crippen LogP contribution in [0.1, 0.15) is 57.7 Å². The number of aromatic nitrogens is 3. The molecule has 158 valence electrons. The lowest BCUT2D eigenvalue weighted by Crippen LogP contribution is -2.38. The van der Waals surface area contributed by atoms with Crippen LogP contribution in [0, 0.1) is 17.8 Å². The van der Waals surface area contributed by atoms with Crippen molar-refractivity contribution in [2.45, 2.75) is 63.7 Å². The van der Waals surface area contributed by atoms with Gasteiger partial charge in [0.15, 0.2) is 0 Å². The van der Waals surface area contributed by atoms with Gasteiger partial charge >= 0.3 is 0 Å². The molecule has 3 aliphatic rings. The van der Waals surface area contributed by atoms with Crippen LogP contribution < -0.4 is 0 Å². The molecule has 0 bridgehead atoms. The SMILES string of the molecule is CSCCCN1C[C@H]2C[C@@H](n3cc(C(C)(C)O)nn3)[C@H](OCC3CC3)C[C@H]2C1. The number of nitrogens with zero attached hydrogens (tertiary/aromatic N) is 4. The van der Waals surface area contributed by atoms with Crippen LogP contribution in [0.25, 0.3) is 0 Å². The molecule has 6 nitrogen and oxygen atoms in total. The molecule has 0 amide bonds. The number of ether oxygens (including phenoxy) is 1. The summed E-state index contributed by atoms with van der Waals surface area (Å²) in [5.41, 5.74) is -0.318. The smallest absolute Gasteiger partial charge is 0.114 e. The number of likely N-dealkylation sites (tertiary alicyclic amines) is 1. The number of rotatable bonds is 9. The summed E-state index contributed by atoms with van der Waals surface area (Å²) < 4.78 is 8.42. The van der Waals surface area contributed by atoms with E-state index in [4.69, 9.17) is 4.74 Å². The van der Waals surface area contributed by atoms with Crippen molar-refractivity contribution >= 4 is 11.8 Å². The standard InChI is InChI=1S/C21H36N4O2S/c1-21(2,26)20-13-25(23-22-20)18-9-16-11-24(7-4-8-28-3)12-17(16)10-19(18)27-14-15-5-6-15/h13,15-19,26H,4-12,14H2,1-3H3/t16-,17+,18-,19-/m1/s1. The maximum Gasteiger partial charge on any atom is 0.114 e. The molecular weight excluding hydrogens is 372 g/mol. The summed E-state index contributed by atoms with van der Waals surface area (Å²) in [5, 5.41) is 18.9. The zero-order valence-corrected chi connectivity index (χ0v) is 18.4. The third-order valence-electron chi connectivity index (χ3n) is 6.70. The Morgan fingerprint density at radius 3 is 2.64 bits per heavy atom. The fourth-order valence-corrected chi connectivity index (χ4v) is 5.24. The highest BCUT2D eigenvalue weighted by molar-refractivity contribution is 7.98. The van der Waals surface area contributed by atoms with Gasteiger partial charge in [-0.2, -0.15) is 11.8 Å². The fourth-order valence-electron chi connectivity index (χ4n) is 4.82. The Kier molecular flexibility index (Phi) is 6.35. The summed E-state index contributed by atoms with van der Waals surface area (Å²) in [4.78, 5) is 2.66. The third-order valence-corrected chi connectivity index (χ3v) is 7.40. The minimum absolute atomic E-state index is 0.212. The lowest BCUT2D eigenvalue weighted by Gasteiger charge is -2.37. The van der Waals surface area contributed by atoms with Crippen molar-refractivity contribution in [2.24, 2.45) is 17.8 Å². The van der Waals surface area contributed by atoms with Gasteiger partial charge in [0.25, 0.3) is 0 Å². The lowest BCUT2D eigenvalue weighted by molar-refractivity contribution is -0.0376. The van der Waals surface area contributed by atoms with Crippen LogP contribution in [0.15, 0.2) is 6.20 Å². The molecule has 1 saturated heterocycles. The zero-order chi connectivity index (χ0) is 19.7. The van der Waals surface area contributed by atoms with Gasteiger partial charge in [-0.25, -0.2) is 4.68 Å². The van der Waals surface area contributed by atoms with Crippen LogP contribution in [0.4, 0.5) is 0 Å². The molecule has 0 aromatic carbocycles. The van der Waals surface area contributed by atoms with E-state index in [0.717, 1.165) is 37.2 Å². The number of hydrogen-bond acceptors (Lipinski definition) is 6. The highest BCUT2D eigenvalue weighted by Crippen LogP contribution is 2.43. The van der Waals surface area contributed by atoms with E-state index >= 15 is 0 Å². The van der Waals surface area contributed by atoms with Gasteiger partial charge in [0.1, 0.15) is 11.3 Å². The van der Waals surface area contributed by atoms with Crippen LogP contribution in [0.3, 0.4) is 0 Å². The third kappa shape index (κ3) is 4.91. The molecule has 4 rings (SSSR count). The van der Waals surface area contributed by atoms with Crippen molar-refractivity contribution in [1.29, 1.82) is 0 Å². The number of aliphatic hydroxyl groups is 1. The number of thioether (sulfide) groups is 1. The summed E-state index contributed by atoms with van der Waals surface area (Å²) in [7, 11) is 0. The second kappa shape index (κ2) is 8.62. The Hall–Kier alpha value is -0.630. The van der Waals surface area contributed by atoms with Crippen LogP contribution in [0.2, 0.25) is 0 Å². The molecule has 1 N–H and O–H groups in total. The molecule has 0 unspecified atom stereocenters. The predicted molar refractivity (Wildman–Crippen MR) is 112 cm³/mol. The maximum atomic E-state index is 10.3. The molecule has 2 heterocycles. The molecule has 1 aromatic rings. The molecule has 3 fully saturated rings. The van der Waals surface area contributed by atoms with E-state index in [9.17, 15) is 5.11 Å². The molecule has 1 aliphatic heterocycles. The topological polar surface area (TPSA) is 63.4 Å². The molecule has 2 aliphatic carbocycles. The second-order valence-electron chi connectivity index (χ2n) is 9.62. The molecule has 7 heteroatoms. The van der Waals surface area contributed by atoms with Gasteiger partial charge in [0, 0.05) is 19.7 Å². The monoisotopic (exact) mass is 408 g/mol. The van der Waals surface area contributed by atoms with E-state index in [-0.39, 0.29) is 12.1 Å². The van der Waals surface area contributed by atoms with Gasteiger partial charge in [-0.3, -0.25) is 0 Å². The highest BCUT2D eigenvalue weighted by atomic mass is 32.2. The quantitative estimate of drug-likeness (QED) is 0.634. The van der Waals surface area contributed by atoms with Gasteiger partial charge < -0.3 is 14.7 Å². The van der Waals surface area contributed by atoms with Crippen LogP contribution in [0.5, 0.6) is 0 Å². The maximum absolute atomic E-state index is 10.3. The first-order valence-electron chi connectivity index (χ1n) is 10.9. The molecular formula is C21H36N4O2S. The van der Waals surface area contributed by atoms with E-state index in [0.29, 0.717) is 5.69 Å². The molecule has 1 aromatic heterocycles. The van der Waals surface area contributed by atoms with E-state index in [2.05, 4.69) is 21.5 Å². The van der Waals surface area contributed by atoms with Crippen molar-refractivity contribution < 1.29 is 9.84 Å². The molecule has 0 radical (unpaired) electrons. The average Bonchev–Trinajstić information content (AvgIpc) is 3.17. The fraction of sp³-hybridized carbons (Fsp3) is 0.905. The van der Waals surface area contributed by atoms with Crippen LogP contribution in [-0.2, 0) is 10.3 Å². The van der Waals surface area contributed by atoms with Crippen molar-refractivity contribution in [3.63, 3.8) is 0 Å². The zero-order valence-electron chi connectivity index (χ0n) is 17.6. The number of hydrogen-bond donors (Lipinski definition) is 1. The average molecular weight is 409 g/mol. The van der Waals surface area contributed by atoms with Gasteiger partial charge in [-0.1, -0.05) is 5.21 Å². The predicted octanol–water partition coefficient (Wildman–Crippen LogP) is 2.94. The first-order chi connectivity index (χ1) is 13.4. The molecule has 28 heavy (non-hydrogen) atoms. The summed E-state index contributed by atoms with van der Waals surface area (Å²) >= 11 is 1.94. The van der Waals surface area contributed by atoms with E-state index in [1.807, 2.05) is 22.6 Å². The minimum atomic E-state index is -0.957. The van der Waals surface area contributed by atoms with Crippen LogP contribution >= 0.6 is 11.8 Å². The summed E-state index contributed by atoms with van der Waals surface area (Å²) in [6.45, 7) is 8.08. The van der Waals surface area contributed by atoms with Crippen molar-refractivity contribution in [3.8, 4) is 0 Å². The minimum Gasteiger partial charge on any atom is -0.384 e.